The lowest BCUT2D eigenvalue weighted by molar-refractivity contribution is -0.138. The molecule has 0 atom stereocenters. The Hall–Kier alpha value is -3.32. The van der Waals surface area contributed by atoms with Crippen molar-refractivity contribution < 1.29 is 24.2 Å². The van der Waals surface area contributed by atoms with Crippen LogP contribution in [0.2, 0.25) is 0 Å². The molecule has 0 aromatic heterocycles. The Bertz CT molecular complexity index is 997. The number of ether oxygens (including phenoxy) is 2. The normalized spacial score (nSPS) is 15.5. The average molecular weight is 394 g/mol. The maximum atomic E-state index is 13.3. The second kappa shape index (κ2) is 7.60. The third-order valence-electron chi connectivity index (χ3n) is 5.08. The molecule has 2 heterocycles. The predicted molar refractivity (Wildman–Crippen MR) is 106 cm³/mol. The van der Waals surface area contributed by atoms with Gasteiger partial charge in [-0.2, -0.15) is 0 Å². The highest BCUT2D eigenvalue weighted by Gasteiger charge is 2.40. The minimum Gasteiger partial charge on any atom is -0.454 e. The van der Waals surface area contributed by atoms with Crippen LogP contribution in [0.5, 0.6) is 11.5 Å². The smallest absolute Gasteiger partial charge is 0.278 e. The predicted octanol–water partition coefficient (Wildman–Crippen LogP) is 1.93. The summed E-state index contributed by atoms with van der Waals surface area (Å²) < 4.78 is 10.7. The Kier molecular flexibility index (Phi) is 4.98. The van der Waals surface area contributed by atoms with Crippen LogP contribution in [0.1, 0.15) is 16.7 Å². The average Bonchev–Trinajstić information content (AvgIpc) is 3.26. The van der Waals surface area contributed by atoms with Crippen LogP contribution in [0.15, 0.2) is 48.2 Å². The van der Waals surface area contributed by atoms with Gasteiger partial charge in [-0.05, 0) is 30.2 Å². The van der Waals surface area contributed by atoms with Crippen molar-refractivity contribution in [1.82, 2.24) is 9.80 Å². The van der Waals surface area contributed by atoms with E-state index in [9.17, 15) is 14.7 Å². The molecule has 2 amide bonds. The van der Waals surface area contributed by atoms with E-state index in [0.717, 1.165) is 11.1 Å². The summed E-state index contributed by atoms with van der Waals surface area (Å²) in [4.78, 5) is 29.3. The first-order valence-electron chi connectivity index (χ1n) is 9.37. The van der Waals surface area contributed by atoms with Crippen LogP contribution < -0.4 is 9.47 Å². The Morgan fingerprint density at radius 2 is 1.76 bits per heavy atom. The zero-order chi connectivity index (χ0) is 20.5. The molecule has 7 nitrogen and oxygen atoms in total. The quantitative estimate of drug-likeness (QED) is 0.755. The minimum atomic E-state index is -0.376. The number of aliphatic hydroxyl groups is 1. The topological polar surface area (TPSA) is 79.3 Å². The summed E-state index contributed by atoms with van der Waals surface area (Å²) in [5, 5.41) is 9.33. The molecule has 0 fully saturated rings. The zero-order valence-corrected chi connectivity index (χ0v) is 16.3. The standard InChI is InChI=1S/C22H22N2O5/c1-14-3-6-16(7-4-14)19-20(23(2)9-10-25)22(27)24(21(19)26)12-15-5-8-17-18(11-15)29-13-28-17/h3-8,11,25H,9-10,12-13H2,1-2H3. The molecule has 0 spiro atoms. The van der Waals surface area contributed by atoms with Crippen molar-refractivity contribution in [1.29, 1.82) is 0 Å². The second-order valence-corrected chi connectivity index (χ2v) is 7.12. The lowest BCUT2D eigenvalue weighted by Crippen LogP contribution is -2.34. The number of amides is 2. The third kappa shape index (κ3) is 3.45. The van der Waals surface area contributed by atoms with Gasteiger partial charge in [0.05, 0.1) is 18.7 Å². The van der Waals surface area contributed by atoms with Crippen molar-refractivity contribution in [2.24, 2.45) is 0 Å². The van der Waals surface area contributed by atoms with E-state index in [1.54, 1.807) is 24.1 Å². The maximum Gasteiger partial charge on any atom is 0.278 e. The minimum absolute atomic E-state index is 0.120. The summed E-state index contributed by atoms with van der Waals surface area (Å²) in [7, 11) is 1.70. The molecular formula is C22H22N2O5. The number of hydrogen-bond donors (Lipinski definition) is 1. The number of likely N-dealkylation sites (N-methyl/N-ethyl adjacent to an activating group) is 1. The Balaban J connectivity index is 1.69. The van der Waals surface area contributed by atoms with Crippen LogP contribution in [-0.2, 0) is 16.1 Å². The molecule has 2 aliphatic heterocycles. The third-order valence-corrected chi connectivity index (χ3v) is 5.08. The number of aliphatic hydroxyl groups excluding tert-OH is 1. The second-order valence-electron chi connectivity index (χ2n) is 7.12. The molecule has 0 saturated carbocycles. The molecule has 0 aliphatic carbocycles. The van der Waals surface area contributed by atoms with Gasteiger partial charge in [-0.1, -0.05) is 35.9 Å². The molecule has 2 aromatic rings. The number of imide groups is 1. The fourth-order valence-electron chi connectivity index (χ4n) is 3.53. The summed E-state index contributed by atoms with van der Waals surface area (Å²) >= 11 is 0. The Morgan fingerprint density at radius 3 is 2.48 bits per heavy atom. The first-order valence-corrected chi connectivity index (χ1v) is 9.37. The molecule has 2 aliphatic rings. The number of carbonyl (C=O) groups is 2. The molecule has 29 heavy (non-hydrogen) atoms. The zero-order valence-electron chi connectivity index (χ0n) is 16.3. The number of hydrogen-bond acceptors (Lipinski definition) is 6. The van der Waals surface area contributed by atoms with Gasteiger partial charge in [-0.15, -0.1) is 0 Å². The monoisotopic (exact) mass is 394 g/mol. The van der Waals surface area contributed by atoms with Gasteiger partial charge in [0.2, 0.25) is 6.79 Å². The fourth-order valence-corrected chi connectivity index (χ4v) is 3.53. The van der Waals surface area contributed by atoms with Crippen molar-refractivity contribution in [2.75, 3.05) is 27.0 Å². The first kappa shape index (κ1) is 19.0. The SMILES string of the molecule is Cc1ccc(C2=C(N(C)CCO)C(=O)N(Cc3ccc4c(c3)OCO4)C2=O)cc1. The summed E-state index contributed by atoms with van der Waals surface area (Å²) in [5.74, 6) is 0.524. The highest BCUT2D eigenvalue weighted by Crippen LogP contribution is 2.35. The van der Waals surface area contributed by atoms with E-state index < -0.39 is 0 Å². The van der Waals surface area contributed by atoms with E-state index in [1.165, 1.54) is 4.90 Å². The highest BCUT2D eigenvalue weighted by atomic mass is 16.7. The van der Waals surface area contributed by atoms with Crippen LogP contribution in [0.25, 0.3) is 5.57 Å². The summed E-state index contributed by atoms with van der Waals surface area (Å²) in [5.41, 5.74) is 3.17. The van der Waals surface area contributed by atoms with E-state index in [4.69, 9.17) is 9.47 Å². The van der Waals surface area contributed by atoms with Crippen LogP contribution in [0, 0.1) is 6.92 Å². The molecule has 4 rings (SSSR count). The van der Waals surface area contributed by atoms with E-state index in [-0.39, 0.29) is 38.3 Å². The van der Waals surface area contributed by atoms with Gasteiger partial charge in [0.15, 0.2) is 11.5 Å². The van der Waals surface area contributed by atoms with Gasteiger partial charge in [0, 0.05) is 13.6 Å². The first-order chi connectivity index (χ1) is 14.0. The molecular weight excluding hydrogens is 372 g/mol. The van der Waals surface area contributed by atoms with Crippen molar-refractivity contribution in [3.8, 4) is 11.5 Å². The number of carbonyl (C=O) groups excluding carboxylic acids is 2. The number of fused-ring (bicyclic) bond motifs is 1. The van der Waals surface area contributed by atoms with E-state index >= 15 is 0 Å². The van der Waals surface area contributed by atoms with Crippen LogP contribution >= 0.6 is 0 Å². The van der Waals surface area contributed by atoms with E-state index in [0.29, 0.717) is 28.3 Å². The molecule has 0 saturated heterocycles. The largest absolute Gasteiger partial charge is 0.454 e. The van der Waals surface area contributed by atoms with Crippen LogP contribution in [0.3, 0.4) is 0 Å². The van der Waals surface area contributed by atoms with Gasteiger partial charge in [-0.25, -0.2) is 0 Å². The molecule has 150 valence electrons. The van der Waals surface area contributed by atoms with Gasteiger partial charge in [-0.3, -0.25) is 14.5 Å². The Labute approximate surface area is 168 Å². The van der Waals surface area contributed by atoms with Gasteiger partial charge < -0.3 is 19.5 Å². The van der Waals surface area contributed by atoms with Gasteiger partial charge in [0.1, 0.15) is 5.70 Å². The lowest BCUT2D eigenvalue weighted by atomic mass is 10.0. The molecule has 7 heteroatoms. The maximum absolute atomic E-state index is 13.3. The van der Waals surface area contributed by atoms with Crippen molar-refractivity contribution in [3.63, 3.8) is 0 Å². The summed E-state index contributed by atoms with van der Waals surface area (Å²) in [6, 6.07) is 12.9. The summed E-state index contributed by atoms with van der Waals surface area (Å²) in [6.07, 6.45) is 0. The molecule has 2 aromatic carbocycles. The lowest BCUT2D eigenvalue weighted by Gasteiger charge is -2.20. The van der Waals surface area contributed by atoms with Crippen molar-refractivity contribution in [2.45, 2.75) is 13.5 Å². The molecule has 0 unspecified atom stereocenters. The van der Waals surface area contributed by atoms with Crippen molar-refractivity contribution in [3.05, 3.63) is 64.9 Å². The van der Waals surface area contributed by atoms with Crippen molar-refractivity contribution >= 4 is 17.4 Å². The van der Waals surface area contributed by atoms with Crippen LogP contribution in [0.4, 0.5) is 0 Å². The van der Waals surface area contributed by atoms with E-state index in [1.807, 2.05) is 37.3 Å². The number of rotatable bonds is 6. The highest BCUT2D eigenvalue weighted by molar-refractivity contribution is 6.35. The van der Waals surface area contributed by atoms with Gasteiger partial charge >= 0.3 is 0 Å². The molecule has 0 bridgehead atoms. The molecule has 1 N–H and O–H groups in total. The van der Waals surface area contributed by atoms with Gasteiger partial charge in [0.25, 0.3) is 11.8 Å². The van der Waals surface area contributed by atoms with Crippen LogP contribution in [-0.4, -0.2) is 53.7 Å². The Morgan fingerprint density at radius 1 is 1.03 bits per heavy atom. The number of benzene rings is 2. The number of nitrogens with zero attached hydrogens (tertiary/aromatic N) is 2. The molecule has 0 radical (unpaired) electrons. The fraction of sp³-hybridized carbons (Fsp3) is 0.273. The number of aryl methyl sites for hydroxylation is 1. The summed E-state index contributed by atoms with van der Waals surface area (Å²) in [6.45, 7) is 2.38. The van der Waals surface area contributed by atoms with E-state index in [2.05, 4.69) is 0 Å².